The van der Waals surface area contributed by atoms with E-state index in [1.165, 1.54) is 6.07 Å². The summed E-state index contributed by atoms with van der Waals surface area (Å²) in [7, 11) is 0. The molecule has 3 aromatic carbocycles. The third kappa shape index (κ3) is 8.26. The normalized spacial score (nSPS) is 11.5. The van der Waals surface area contributed by atoms with E-state index in [2.05, 4.69) is 0 Å². The Morgan fingerprint density at radius 1 is 0.930 bits per heavy atom. The van der Waals surface area contributed by atoms with Crippen LogP contribution in [0.5, 0.6) is 11.5 Å². The van der Waals surface area contributed by atoms with E-state index in [4.69, 9.17) is 26.2 Å². The number of carbonyl (C=O) groups is 2. The van der Waals surface area contributed by atoms with Gasteiger partial charge in [-0.25, -0.2) is 4.39 Å². The lowest BCUT2D eigenvalue weighted by Gasteiger charge is -2.08. The Morgan fingerprint density at radius 2 is 1.65 bits per heavy atom. The van der Waals surface area contributed by atoms with Crippen LogP contribution in [-0.2, 0) is 22.6 Å². The average molecular weight is 606 g/mol. The second-order valence-electron chi connectivity index (χ2n) is 10.1. The number of rotatable bonds is 14. The van der Waals surface area contributed by atoms with Crippen LogP contribution < -0.4 is 9.47 Å². The molecule has 0 fully saturated rings. The van der Waals surface area contributed by atoms with Gasteiger partial charge in [-0.15, -0.1) is 0 Å². The predicted molar refractivity (Wildman–Crippen MR) is 167 cm³/mol. The van der Waals surface area contributed by atoms with Crippen LogP contribution in [0.15, 0.2) is 66.7 Å². The lowest BCUT2D eigenvalue weighted by atomic mass is 10.0. The molecule has 43 heavy (non-hydrogen) atoms. The summed E-state index contributed by atoms with van der Waals surface area (Å²) in [6.07, 6.45) is 8.05. The molecule has 0 aliphatic rings. The zero-order valence-corrected chi connectivity index (χ0v) is 24.7. The van der Waals surface area contributed by atoms with E-state index in [0.29, 0.717) is 64.6 Å². The zero-order chi connectivity index (χ0) is 30.9. The number of aliphatic carboxylic acids is 2. The van der Waals surface area contributed by atoms with Gasteiger partial charge in [-0.1, -0.05) is 35.9 Å². The number of carboxylic acid groups (broad SMARTS) is 2. The van der Waals surface area contributed by atoms with Gasteiger partial charge in [-0.2, -0.15) is 0 Å². The maximum Gasteiger partial charge on any atom is 0.323 e. The van der Waals surface area contributed by atoms with Crippen molar-refractivity contribution in [1.29, 1.82) is 0 Å². The van der Waals surface area contributed by atoms with Gasteiger partial charge in [0.1, 0.15) is 37.1 Å². The molecular formula is C34H33ClFNO6. The molecule has 0 atom stereocenters. The summed E-state index contributed by atoms with van der Waals surface area (Å²) < 4.78 is 28.2. The van der Waals surface area contributed by atoms with E-state index in [1.54, 1.807) is 23.6 Å². The molecule has 7 nitrogen and oxygen atoms in total. The predicted octanol–water partition coefficient (Wildman–Crippen LogP) is 7.73. The number of carboxylic acids is 2. The number of halogens is 2. The summed E-state index contributed by atoms with van der Waals surface area (Å²) in [5, 5.41) is 19.6. The summed E-state index contributed by atoms with van der Waals surface area (Å²) in [6, 6.07) is 15.9. The highest BCUT2D eigenvalue weighted by molar-refractivity contribution is 6.30. The first kappa shape index (κ1) is 31.4. The number of hydrogen-bond acceptors (Lipinski definition) is 4. The topological polar surface area (TPSA) is 98.0 Å². The molecular weight excluding hydrogens is 573 g/mol. The van der Waals surface area contributed by atoms with Gasteiger partial charge in [-0.05, 0) is 104 Å². The SMILES string of the molecule is Cc1cc(Cl)ccc1OCC=CCOc1ccc(C=Cc2ccc(F)c3c(CCCC(=O)O)c(C)n(CC(=O)O)c23)cc1. The number of aryl methyl sites for hydroxylation is 2. The molecule has 0 spiro atoms. The summed E-state index contributed by atoms with van der Waals surface area (Å²) in [5.41, 5.74) is 4.23. The lowest BCUT2D eigenvalue weighted by Crippen LogP contribution is -2.10. The van der Waals surface area contributed by atoms with Gasteiger partial charge < -0.3 is 24.3 Å². The highest BCUT2D eigenvalue weighted by Crippen LogP contribution is 2.33. The van der Waals surface area contributed by atoms with Crippen molar-refractivity contribution in [3.05, 3.63) is 106 Å². The van der Waals surface area contributed by atoms with E-state index in [1.807, 2.05) is 67.6 Å². The molecule has 0 saturated carbocycles. The average Bonchev–Trinajstić information content (AvgIpc) is 3.23. The lowest BCUT2D eigenvalue weighted by molar-refractivity contribution is -0.138. The fourth-order valence-corrected chi connectivity index (χ4v) is 5.14. The van der Waals surface area contributed by atoms with Crippen molar-refractivity contribution in [2.45, 2.75) is 39.7 Å². The summed E-state index contributed by atoms with van der Waals surface area (Å²) >= 11 is 5.97. The number of hydrogen-bond donors (Lipinski definition) is 2. The zero-order valence-electron chi connectivity index (χ0n) is 24.0. The smallest absolute Gasteiger partial charge is 0.323 e. The van der Waals surface area contributed by atoms with E-state index in [-0.39, 0.29) is 13.0 Å². The van der Waals surface area contributed by atoms with Crippen LogP contribution >= 0.6 is 11.6 Å². The monoisotopic (exact) mass is 605 g/mol. The maximum atomic E-state index is 15.1. The Balaban J connectivity index is 1.43. The van der Waals surface area contributed by atoms with Crippen molar-refractivity contribution in [1.82, 2.24) is 4.57 Å². The molecule has 0 unspecified atom stereocenters. The first-order valence-corrected chi connectivity index (χ1v) is 14.2. The molecule has 4 aromatic rings. The molecule has 0 bridgehead atoms. The van der Waals surface area contributed by atoms with Crippen molar-refractivity contribution in [2.24, 2.45) is 0 Å². The van der Waals surface area contributed by atoms with Crippen molar-refractivity contribution < 1.29 is 33.7 Å². The van der Waals surface area contributed by atoms with Gasteiger partial charge in [-0.3, -0.25) is 9.59 Å². The third-order valence-electron chi connectivity index (χ3n) is 7.00. The Kier molecular flexibility index (Phi) is 10.6. The van der Waals surface area contributed by atoms with Crippen LogP contribution in [0.2, 0.25) is 5.02 Å². The molecule has 4 rings (SSSR count). The number of nitrogens with zero attached hydrogens (tertiary/aromatic N) is 1. The van der Waals surface area contributed by atoms with Gasteiger partial charge in [0.15, 0.2) is 0 Å². The summed E-state index contributed by atoms with van der Waals surface area (Å²) in [6.45, 7) is 4.13. The molecule has 1 heterocycles. The van der Waals surface area contributed by atoms with E-state index in [9.17, 15) is 14.7 Å². The molecule has 9 heteroatoms. The first-order valence-electron chi connectivity index (χ1n) is 13.8. The number of ether oxygens (including phenoxy) is 2. The largest absolute Gasteiger partial charge is 0.490 e. The molecule has 0 radical (unpaired) electrons. The number of fused-ring (bicyclic) bond motifs is 1. The van der Waals surface area contributed by atoms with E-state index < -0.39 is 17.8 Å². The minimum Gasteiger partial charge on any atom is -0.490 e. The second-order valence-corrected chi connectivity index (χ2v) is 10.5. The van der Waals surface area contributed by atoms with Gasteiger partial charge in [0.2, 0.25) is 0 Å². The minimum absolute atomic E-state index is 0.0548. The van der Waals surface area contributed by atoms with Gasteiger partial charge in [0, 0.05) is 22.5 Å². The standard InChI is InChI=1S/C34H33ClFNO6/c1-22-20-26(35)13-17-30(22)43-19-4-3-18-42-27-14-9-24(10-15-27)8-11-25-12-16-29(36)33-28(6-5-7-31(38)39)23(2)37(34(25)33)21-32(40)41/h3-4,8-17,20H,5-7,18-19,21H2,1-2H3,(H,38,39)(H,40,41). The highest BCUT2D eigenvalue weighted by atomic mass is 35.5. The Labute approximate surface area is 254 Å². The quantitative estimate of drug-likeness (QED) is 0.113. The van der Waals surface area contributed by atoms with Crippen LogP contribution in [0.1, 0.15) is 40.8 Å². The molecule has 0 aliphatic carbocycles. The Hall–Kier alpha value is -4.56. The van der Waals surface area contributed by atoms with Gasteiger partial charge in [0.25, 0.3) is 0 Å². The van der Waals surface area contributed by atoms with Crippen molar-refractivity contribution in [3.63, 3.8) is 0 Å². The fourth-order valence-electron chi connectivity index (χ4n) is 4.92. The van der Waals surface area contributed by atoms with Crippen molar-refractivity contribution >= 4 is 46.6 Å². The minimum atomic E-state index is -1.05. The van der Waals surface area contributed by atoms with E-state index >= 15 is 4.39 Å². The highest BCUT2D eigenvalue weighted by Gasteiger charge is 2.21. The Bertz CT molecular complexity index is 1670. The van der Waals surface area contributed by atoms with Crippen LogP contribution in [0.3, 0.4) is 0 Å². The van der Waals surface area contributed by atoms with Crippen LogP contribution in [0.4, 0.5) is 4.39 Å². The third-order valence-corrected chi connectivity index (χ3v) is 7.24. The van der Waals surface area contributed by atoms with Gasteiger partial charge in [0.05, 0.1) is 5.52 Å². The molecule has 224 valence electrons. The molecule has 1 aromatic heterocycles. The molecule has 0 amide bonds. The molecule has 0 saturated heterocycles. The molecule has 2 N–H and O–H groups in total. The Morgan fingerprint density at radius 3 is 2.33 bits per heavy atom. The van der Waals surface area contributed by atoms with E-state index in [0.717, 1.165) is 16.9 Å². The maximum absolute atomic E-state index is 15.1. The summed E-state index contributed by atoms with van der Waals surface area (Å²) in [5.74, 6) is -0.976. The molecule has 0 aliphatic heterocycles. The number of benzene rings is 3. The fraction of sp³-hybridized carbons (Fsp3) is 0.235. The van der Waals surface area contributed by atoms with Crippen LogP contribution in [-0.4, -0.2) is 39.9 Å². The van der Waals surface area contributed by atoms with Crippen LogP contribution in [0, 0.1) is 19.7 Å². The van der Waals surface area contributed by atoms with Crippen LogP contribution in [0.25, 0.3) is 23.1 Å². The van der Waals surface area contributed by atoms with Crippen molar-refractivity contribution in [3.8, 4) is 11.5 Å². The summed E-state index contributed by atoms with van der Waals surface area (Å²) in [4.78, 5) is 22.7. The number of aromatic nitrogens is 1. The second kappa shape index (κ2) is 14.6. The van der Waals surface area contributed by atoms with Crippen molar-refractivity contribution in [2.75, 3.05) is 13.2 Å². The first-order chi connectivity index (χ1) is 20.6. The van der Waals surface area contributed by atoms with Gasteiger partial charge >= 0.3 is 11.9 Å².